The van der Waals surface area contributed by atoms with Crippen molar-refractivity contribution in [3.8, 4) is 0 Å². The van der Waals surface area contributed by atoms with Crippen molar-refractivity contribution < 1.29 is 9.53 Å². The highest BCUT2D eigenvalue weighted by Gasteiger charge is 2.23. The minimum Gasteiger partial charge on any atom is -0.454 e. The van der Waals surface area contributed by atoms with Crippen LogP contribution >= 0.6 is 23.4 Å². The number of halogens is 1. The average molecular weight is 416 g/mol. The molecule has 1 aromatic carbocycles. The minimum atomic E-state index is -0.507. The second-order valence-electron chi connectivity index (χ2n) is 6.71. The van der Waals surface area contributed by atoms with Gasteiger partial charge in [0.1, 0.15) is 10.9 Å². The molecule has 3 aromatic rings. The van der Waals surface area contributed by atoms with E-state index >= 15 is 0 Å². The quantitative estimate of drug-likeness (QED) is 0.510. The lowest BCUT2D eigenvalue weighted by Crippen LogP contribution is -2.13. The number of benzene rings is 1. The molecular weight excluding hydrogens is 394 g/mol. The van der Waals surface area contributed by atoms with Gasteiger partial charge in [0.25, 0.3) is 0 Å². The fourth-order valence-electron chi connectivity index (χ4n) is 2.79. The van der Waals surface area contributed by atoms with Crippen molar-refractivity contribution in [3.05, 3.63) is 70.9 Å². The van der Waals surface area contributed by atoms with Crippen LogP contribution in [0.3, 0.4) is 0 Å². The molecule has 7 heteroatoms. The molecule has 0 radical (unpaired) electrons. The lowest BCUT2D eigenvalue weighted by atomic mass is 10.1. The predicted molar refractivity (Wildman–Crippen MR) is 111 cm³/mol. The Morgan fingerprint density at radius 1 is 1.29 bits per heavy atom. The number of hydrogen-bond donors (Lipinski definition) is 1. The van der Waals surface area contributed by atoms with Crippen molar-refractivity contribution in [2.75, 3.05) is 0 Å². The van der Waals surface area contributed by atoms with Crippen molar-refractivity contribution in [2.24, 2.45) is 0 Å². The number of carbonyl (C=O) groups excluding carboxylic acids is 1. The van der Waals surface area contributed by atoms with Gasteiger partial charge in [0, 0.05) is 35.7 Å². The van der Waals surface area contributed by atoms with Crippen LogP contribution in [0.4, 0.5) is 0 Å². The zero-order valence-corrected chi connectivity index (χ0v) is 17.6. The molecule has 2 aromatic heterocycles. The Hall–Kier alpha value is -2.31. The fourth-order valence-corrected chi connectivity index (χ4v) is 4.15. The molecule has 0 aliphatic rings. The van der Waals surface area contributed by atoms with Crippen molar-refractivity contribution in [2.45, 2.75) is 49.1 Å². The lowest BCUT2D eigenvalue weighted by molar-refractivity contribution is -0.147. The summed E-state index contributed by atoms with van der Waals surface area (Å²) in [6.07, 6.45) is 3.48. The molecule has 1 N–H and O–H groups in total. The fraction of sp³-hybridized carbons (Fsp3) is 0.286. The number of rotatable bonds is 7. The van der Waals surface area contributed by atoms with Crippen molar-refractivity contribution >= 4 is 29.3 Å². The van der Waals surface area contributed by atoms with Gasteiger partial charge in [0.05, 0.1) is 5.69 Å². The molecule has 0 aliphatic carbocycles. The molecule has 2 heterocycles. The average Bonchev–Trinajstić information content (AvgIpc) is 3.06. The van der Waals surface area contributed by atoms with E-state index < -0.39 is 6.10 Å². The Kier molecular flexibility index (Phi) is 6.75. The van der Waals surface area contributed by atoms with E-state index in [-0.39, 0.29) is 11.9 Å². The molecule has 0 saturated heterocycles. The molecule has 0 spiro atoms. The number of nitrogens with zero attached hydrogens (tertiary/aromatic N) is 2. The Labute approximate surface area is 173 Å². The summed E-state index contributed by atoms with van der Waals surface area (Å²) in [7, 11) is 0. The number of imidazole rings is 1. The SMILES string of the molecule is CC(=O)OC(Cc1cccnc1)c1nc(C(C)C)c(Sc2cccc(Cl)c2)[nH]1. The van der Waals surface area contributed by atoms with Crippen LogP contribution in [0.25, 0.3) is 0 Å². The maximum Gasteiger partial charge on any atom is 0.303 e. The predicted octanol–water partition coefficient (Wildman–Crippen LogP) is 5.58. The van der Waals surface area contributed by atoms with Crippen LogP contribution in [-0.2, 0) is 16.0 Å². The number of pyridine rings is 1. The maximum atomic E-state index is 11.7. The van der Waals surface area contributed by atoms with E-state index in [4.69, 9.17) is 21.3 Å². The monoisotopic (exact) mass is 415 g/mol. The molecule has 146 valence electrons. The van der Waals surface area contributed by atoms with Gasteiger partial charge in [-0.2, -0.15) is 0 Å². The zero-order valence-electron chi connectivity index (χ0n) is 16.0. The summed E-state index contributed by atoms with van der Waals surface area (Å²) in [6.45, 7) is 5.58. The van der Waals surface area contributed by atoms with E-state index in [2.05, 4.69) is 23.8 Å². The summed E-state index contributed by atoms with van der Waals surface area (Å²) in [4.78, 5) is 25.0. The number of esters is 1. The maximum absolute atomic E-state index is 11.7. The first-order chi connectivity index (χ1) is 13.4. The lowest BCUT2D eigenvalue weighted by Gasteiger charge is -2.14. The second kappa shape index (κ2) is 9.26. The molecular formula is C21H22ClN3O2S. The van der Waals surface area contributed by atoms with Gasteiger partial charge in [-0.1, -0.05) is 49.3 Å². The van der Waals surface area contributed by atoms with Crippen LogP contribution in [-0.4, -0.2) is 20.9 Å². The number of hydrogen-bond acceptors (Lipinski definition) is 5. The van der Waals surface area contributed by atoms with Crippen molar-refractivity contribution in [1.82, 2.24) is 15.0 Å². The highest BCUT2D eigenvalue weighted by molar-refractivity contribution is 7.99. The van der Waals surface area contributed by atoms with Gasteiger partial charge in [-0.3, -0.25) is 9.78 Å². The molecule has 1 atom stereocenters. The number of nitrogens with one attached hydrogen (secondary N) is 1. The van der Waals surface area contributed by atoms with E-state index in [0.717, 1.165) is 21.2 Å². The van der Waals surface area contributed by atoms with Gasteiger partial charge in [-0.05, 0) is 35.7 Å². The van der Waals surface area contributed by atoms with Gasteiger partial charge in [0.15, 0.2) is 6.10 Å². The molecule has 28 heavy (non-hydrogen) atoms. The number of aromatic amines is 1. The smallest absolute Gasteiger partial charge is 0.303 e. The summed E-state index contributed by atoms with van der Waals surface area (Å²) in [5.41, 5.74) is 1.91. The summed E-state index contributed by atoms with van der Waals surface area (Å²) in [6, 6.07) is 11.5. The first kappa shape index (κ1) is 20.4. The molecule has 0 aliphatic heterocycles. The first-order valence-corrected chi connectivity index (χ1v) is 10.2. The normalized spacial score (nSPS) is 12.2. The van der Waals surface area contributed by atoms with Gasteiger partial charge in [0.2, 0.25) is 0 Å². The van der Waals surface area contributed by atoms with Crippen LogP contribution in [0.5, 0.6) is 0 Å². The van der Waals surface area contributed by atoms with Gasteiger partial charge >= 0.3 is 5.97 Å². The molecule has 1 unspecified atom stereocenters. The number of carbonyl (C=O) groups is 1. The van der Waals surface area contributed by atoms with E-state index in [0.29, 0.717) is 17.3 Å². The number of ether oxygens (including phenoxy) is 1. The summed E-state index contributed by atoms with van der Waals surface area (Å²) in [5, 5.41) is 1.61. The van der Waals surface area contributed by atoms with Gasteiger partial charge in [-0.25, -0.2) is 4.98 Å². The van der Waals surface area contributed by atoms with Gasteiger partial charge in [-0.15, -0.1) is 0 Å². The number of aromatic nitrogens is 3. The van der Waals surface area contributed by atoms with Crippen LogP contribution in [0, 0.1) is 0 Å². The Balaban J connectivity index is 1.92. The summed E-state index contributed by atoms with van der Waals surface area (Å²) < 4.78 is 5.57. The standard InChI is InChI=1S/C21H22ClN3O2S/c1-13(2)19-21(28-17-8-4-7-16(22)11-17)25-20(24-19)18(27-14(3)26)10-15-6-5-9-23-12-15/h4-9,11-13,18H,10H2,1-3H3,(H,24,25). The van der Waals surface area contributed by atoms with Gasteiger partial charge < -0.3 is 9.72 Å². The van der Waals surface area contributed by atoms with Crippen molar-refractivity contribution in [3.63, 3.8) is 0 Å². The third kappa shape index (κ3) is 5.36. The van der Waals surface area contributed by atoms with Crippen LogP contribution < -0.4 is 0 Å². The number of H-pyrrole nitrogens is 1. The Morgan fingerprint density at radius 3 is 2.75 bits per heavy atom. The highest BCUT2D eigenvalue weighted by Crippen LogP contribution is 2.35. The Morgan fingerprint density at radius 2 is 2.11 bits per heavy atom. The highest BCUT2D eigenvalue weighted by atomic mass is 35.5. The molecule has 0 bridgehead atoms. The van der Waals surface area contributed by atoms with Crippen LogP contribution in [0.2, 0.25) is 5.02 Å². The van der Waals surface area contributed by atoms with Crippen molar-refractivity contribution in [1.29, 1.82) is 0 Å². The summed E-state index contributed by atoms with van der Waals surface area (Å²) >= 11 is 7.68. The molecule has 0 saturated carbocycles. The minimum absolute atomic E-state index is 0.211. The van der Waals surface area contributed by atoms with E-state index in [1.807, 2.05) is 36.4 Å². The molecule has 3 rings (SSSR count). The molecule has 5 nitrogen and oxygen atoms in total. The second-order valence-corrected chi connectivity index (χ2v) is 8.23. The third-order valence-corrected chi connectivity index (χ3v) is 5.28. The van der Waals surface area contributed by atoms with Crippen LogP contribution in [0.15, 0.2) is 58.7 Å². The summed E-state index contributed by atoms with van der Waals surface area (Å²) in [5.74, 6) is 0.496. The largest absolute Gasteiger partial charge is 0.454 e. The Bertz CT molecular complexity index is 944. The van der Waals surface area contributed by atoms with Crippen LogP contribution in [0.1, 0.15) is 49.9 Å². The first-order valence-electron chi connectivity index (χ1n) is 9.01. The molecule has 0 amide bonds. The topological polar surface area (TPSA) is 67.9 Å². The van der Waals surface area contributed by atoms with E-state index in [9.17, 15) is 4.79 Å². The van der Waals surface area contributed by atoms with E-state index in [1.54, 1.807) is 24.2 Å². The molecule has 0 fully saturated rings. The zero-order chi connectivity index (χ0) is 20.1. The van der Waals surface area contributed by atoms with E-state index in [1.165, 1.54) is 6.92 Å². The third-order valence-electron chi connectivity index (χ3n) is 4.04.